The molecule has 3 aromatic rings. The molecule has 2 aliphatic heterocycles. The van der Waals surface area contributed by atoms with Gasteiger partial charge >= 0.3 is 11.9 Å². The molecule has 17 heteroatoms. The number of amides is 1. The van der Waals surface area contributed by atoms with Crippen LogP contribution in [0.25, 0.3) is 22.3 Å². The average Bonchev–Trinajstić information content (AvgIpc) is 3.74. The van der Waals surface area contributed by atoms with Crippen LogP contribution in [-0.2, 0) is 23.9 Å². The first-order valence-electron chi connectivity index (χ1n) is 22.3. The number of carbonyl (C=O) groups is 4. The molecule has 0 bridgehead atoms. The van der Waals surface area contributed by atoms with Gasteiger partial charge in [0.05, 0.1) is 48.1 Å². The van der Waals surface area contributed by atoms with Crippen molar-refractivity contribution in [3.8, 4) is 22.9 Å². The molecule has 0 radical (unpaired) electrons. The first-order valence-corrected chi connectivity index (χ1v) is 23.5. The van der Waals surface area contributed by atoms with Gasteiger partial charge in [-0.25, -0.2) is 18.7 Å². The zero-order valence-electron chi connectivity index (χ0n) is 36.7. The fraction of sp³-hybridized carbons (Fsp3) is 0.652. The number of Topliss-reactive ketones (excluding diaryl/α,β-unsaturated/α-hetero) is 1. The molecule has 3 aliphatic carbocycles. The van der Waals surface area contributed by atoms with Crippen LogP contribution in [0.3, 0.4) is 0 Å². The van der Waals surface area contributed by atoms with Gasteiger partial charge in [0.2, 0.25) is 5.91 Å². The maximum atomic E-state index is 14.9. The highest BCUT2D eigenvalue weighted by atomic mass is 35.5. The second-order valence-electron chi connectivity index (χ2n) is 19.9. The molecule has 5 aliphatic rings. The molecule has 13 nitrogen and oxygen atoms in total. The van der Waals surface area contributed by atoms with Gasteiger partial charge < -0.3 is 34.9 Å². The van der Waals surface area contributed by atoms with Crippen molar-refractivity contribution in [2.24, 2.45) is 34.5 Å². The van der Waals surface area contributed by atoms with Crippen molar-refractivity contribution < 1.29 is 47.3 Å². The highest BCUT2D eigenvalue weighted by Crippen LogP contribution is 2.58. The van der Waals surface area contributed by atoms with E-state index in [4.69, 9.17) is 35.8 Å². The fourth-order valence-corrected chi connectivity index (χ4v) is 11.1. The normalized spacial score (nSPS) is 28.8. The number of carboxylic acid groups (broad SMARTS) is 1. The summed E-state index contributed by atoms with van der Waals surface area (Å²) in [6.45, 7) is 11.1. The summed E-state index contributed by atoms with van der Waals surface area (Å²) in [5.74, 6) is -4.20. The third-order valence-corrected chi connectivity index (χ3v) is 14.9. The number of rotatable bonds is 17. The predicted molar refractivity (Wildman–Crippen MR) is 234 cm³/mol. The van der Waals surface area contributed by atoms with Crippen LogP contribution in [0.1, 0.15) is 99.3 Å². The van der Waals surface area contributed by atoms with Gasteiger partial charge in [-0.3, -0.25) is 19.2 Å². The molecule has 9 atom stereocenters. The number of carboxylic acids is 1. The Hall–Kier alpha value is -4.15. The van der Waals surface area contributed by atoms with E-state index in [1.54, 1.807) is 18.2 Å². The maximum Gasteiger partial charge on any atom is 0.310 e. The van der Waals surface area contributed by atoms with Crippen LogP contribution in [0, 0.1) is 34.5 Å². The van der Waals surface area contributed by atoms with Crippen molar-refractivity contribution in [3.05, 3.63) is 28.6 Å². The van der Waals surface area contributed by atoms with E-state index in [1.807, 2.05) is 46.9 Å². The number of ketones is 1. The molecule has 342 valence electrons. The quantitative estimate of drug-likeness (QED) is 0.111. The number of nitrogens with one attached hydrogen (secondary N) is 2. The number of likely N-dealkylation sites (tertiary alicyclic amines) is 1. The van der Waals surface area contributed by atoms with E-state index in [-0.39, 0.29) is 73.5 Å². The minimum atomic E-state index is -2.83. The van der Waals surface area contributed by atoms with Crippen LogP contribution in [0.4, 0.5) is 13.9 Å². The molecular formula is C46H58ClF2N5O8S. The Morgan fingerprint density at radius 3 is 2.43 bits per heavy atom. The van der Waals surface area contributed by atoms with Crippen molar-refractivity contribution in [3.63, 3.8) is 0 Å². The summed E-state index contributed by atoms with van der Waals surface area (Å²) in [6, 6.07) is 3.62. The number of pyridine rings is 1. The van der Waals surface area contributed by atoms with Gasteiger partial charge in [-0.15, -0.1) is 11.3 Å². The lowest BCUT2D eigenvalue weighted by Gasteiger charge is -2.35. The molecule has 63 heavy (non-hydrogen) atoms. The number of aliphatic carboxylic acids is 1. The molecule has 8 rings (SSSR count). The van der Waals surface area contributed by atoms with E-state index >= 15 is 0 Å². The first-order chi connectivity index (χ1) is 29.7. The Labute approximate surface area is 375 Å². The van der Waals surface area contributed by atoms with E-state index in [1.165, 1.54) is 22.7 Å². The zero-order valence-corrected chi connectivity index (χ0v) is 38.3. The van der Waals surface area contributed by atoms with Gasteiger partial charge in [0, 0.05) is 48.2 Å². The Balaban J connectivity index is 1.10. The second-order valence-corrected chi connectivity index (χ2v) is 21.2. The third-order valence-electron chi connectivity index (χ3n) is 13.7. The largest absolute Gasteiger partial charge is 0.490 e. The smallest absolute Gasteiger partial charge is 0.310 e. The number of aromatic nitrogens is 2. The van der Waals surface area contributed by atoms with Gasteiger partial charge in [-0.1, -0.05) is 45.7 Å². The number of benzene rings is 1. The van der Waals surface area contributed by atoms with Crippen LogP contribution in [0.5, 0.6) is 11.5 Å². The third kappa shape index (κ3) is 9.78. The van der Waals surface area contributed by atoms with Crippen molar-refractivity contribution in [2.75, 3.05) is 25.0 Å². The monoisotopic (exact) mass is 913 g/mol. The summed E-state index contributed by atoms with van der Waals surface area (Å²) in [7, 11) is 0. The van der Waals surface area contributed by atoms with E-state index < -0.39 is 65.2 Å². The number of halogens is 3. The number of ether oxygens (including phenoxy) is 3. The lowest BCUT2D eigenvalue weighted by Crippen LogP contribution is -2.48. The number of fused-ring (bicyclic) bond motifs is 2. The van der Waals surface area contributed by atoms with Crippen LogP contribution in [-0.4, -0.2) is 99.6 Å². The molecule has 2 saturated heterocycles. The van der Waals surface area contributed by atoms with Gasteiger partial charge in [-0.2, -0.15) is 0 Å². The first kappa shape index (κ1) is 45.4. The minimum Gasteiger partial charge on any atom is -0.490 e. The highest BCUT2D eigenvalue weighted by molar-refractivity contribution is 7.14. The number of esters is 1. The lowest BCUT2D eigenvalue weighted by molar-refractivity contribution is -0.157. The number of anilines is 1. The van der Waals surface area contributed by atoms with E-state index in [0.29, 0.717) is 57.8 Å². The molecule has 5 fully saturated rings. The number of thiazole rings is 1. The zero-order chi connectivity index (χ0) is 45.2. The van der Waals surface area contributed by atoms with Crippen molar-refractivity contribution in [2.45, 2.75) is 136 Å². The summed E-state index contributed by atoms with van der Waals surface area (Å²) in [5.41, 5.74) is -0.606. The molecule has 0 spiro atoms. The van der Waals surface area contributed by atoms with E-state index in [2.05, 4.69) is 10.6 Å². The number of hydrogen-bond donors (Lipinski definition) is 3. The number of alkyl halides is 2. The van der Waals surface area contributed by atoms with Crippen LogP contribution < -0.4 is 20.1 Å². The summed E-state index contributed by atoms with van der Waals surface area (Å²) in [4.78, 5) is 66.5. The maximum absolute atomic E-state index is 14.9. The molecule has 1 unspecified atom stereocenters. The van der Waals surface area contributed by atoms with Crippen LogP contribution in [0.2, 0.25) is 5.02 Å². The van der Waals surface area contributed by atoms with Gasteiger partial charge in [-0.05, 0) is 74.8 Å². The Morgan fingerprint density at radius 1 is 1.05 bits per heavy atom. The lowest BCUT2D eigenvalue weighted by atomic mass is 9.77. The number of carbonyl (C=O) groups excluding carboxylic acids is 3. The van der Waals surface area contributed by atoms with Gasteiger partial charge in [0.15, 0.2) is 10.9 Å². The van der Waals surface area contributed by atoms with Crippen molar-refractivity contribution in [1.82, 2.24) is 20.2 Å². The minimum absolute atomic E-state index is 0.00755. The Morgan fingerprint density at radius 2 is 1.79 bits per heavy atom. The fourth-order valence-electron chi connectivity index (χ4n) is 9.99. The number of hydrogen-bond acceptors (Lipinski definition) is 12. The molecule has 3 N–H and O–H groups in total. The number of nitrogens with zero attached hydrogens (tertiary/aromatic N) is 3. The molecule has 4 heterocycles. The van der Waals surface area contributed by atoms with Crippen LogP contribution in [0.15, 0.2) is 23.6 Å². The average molecular weight is 915 g/mol. The second kappa shape index (κ2) is 17.3. The van der Waals surface area contributed by atoms with Gasteiger partial charge in [0.25, 0.3) is 5.92 Å². The standard InChI is InChI=1S/C46H58ClF2N5O8S/c1-7-26-16-45(26,42(58)59)18-35(55)34-13-29(19-54(34)41(57)31(44(4,5)6)14-38(56)62-28-11-24-10-25(24)12-28)61-37-15-32(33-21-63-43(53-33)51-23(2)3)52-40-30(37)8-9-36(39(40)47)60-20-27-17-46(48,49)22-50-27/h8-9,15,21,23-29,31,34,50H,7,10-14,16-20,22H2,1-6H3,(H,51,53)(H,58,59)/t24-,25+,26-,27+,28?,29-,31-,34+,45-/m1/s1. The summed E-state index contributed by atoms with van der Waals surface area (Å²) >= 11 is 8.41. The molecule has 2 aromatic heterocycles. The summed E-state index contributed by atoms with van der Waals surface area (Å²) < 4.78 is 46.5. The molecule has 1 aromatic carbocycles. The van der Waals surface area contributed by atoms with Crippen molar-refractivity contribution in [1.29, 1.82) is 0 Å². The van der Waals surface area contributed by atoms with E-state index in [0.717, 1.165) is 12.8 Å². The Kier molecular flexibility index (Phi) is 12.5. The van der Waals surface area contributed by atoms with Gasteiger partial charge in [0.1, 0.15) is 41.0 Å². The molecule has 1 amide bonds. The molecular weight excluding hydrogens is 856 g/mol. The van der Waals surface area contributed by atoms with Crippen LogP contribution >= 0.6 is 22.9 Å². The Bertz CT molecular complexity index is 2260. The highest BCUT2D eigenvalue weighted by Gasteiger charge is 2.61. The summed E-state index contributed by atoms with van der Waals surface area (Å²) in [6.07, 6.45) is 2.32. The topological polar surface area (TPSA) is 169 Å². The molecule has 3 saturated carbocycles. The van der Waals surface area contributed by atoms with E-state index in [9.17, 15) is 33.1 Å². The predicted octanol–water partition coefficient (Wildman–Crippen LogP) is 8.41. The SMILES string of the molecule is CC[C@@H]1C[C@]1(CC(=O)[C@@H]1C[C@@H](Oc2cc(-c3csc(NC(C)C)n3)nc3c(Cl)c(OC[C@@H]4CC(F)(F)CN4)ccc23)CN1C(=O)[C@@H](CC(=O)OC1C[C@@H]2C[C@@H]2C1)C(C)(C)C)C(=O)O. The summed E-state index contributed by atoms with van der Waals surface area (Å²) in [5, 5.41) is 19.5. The van der Waals surface area contributed by atoms with Crippen molar-refractivity contribution >= 4 is 62.6 Å².